The number of carbonyl (C=O) groups excluding carboxylic acids is 1. The summed E-state index contributed by atoms with van der Waals surface area (Å²) in [7, 11) is 0. The summed E-state index contributed by atoms with van der Waals surface area (Å²) < 4.78 is 33.8. The Kier molecular flexibility index (Phi) is 6.65. The average Bonchev–Trinajstić information content (AvgIpc) is 3.10. The van der Waals surface area contributed by atoms with E-state index in [1.54, 1.807) is 13.0 Å². The van der Waals surface area contributed by atoms with Crippen molar-refractivity contribution in [3.05, 3.63) is 35.3 Å². The fraction of sp³-hybridized carbons (Fsp3) is 0.619. The molecule has 0 aliphatic heterocycles. The van der Waals surface area contributed by atoms with Gasteiger partial charge >= 0.3 is 0 Å². The van der Waals surface area contributed by atoms with Crippen LogP contribution in [0.2, 0.25) is 0 Å². The Bertz CT molecular complexity index is 813. The molecule has 1 unspecified atom stereocenters. The summed E-state index contributed by atoms with van der Waals surface area (Å²) in [5.41, 5.74) is 0.925. The number of rotatable bonds is 7. The van der Waals surface area contributed by atoms with Gasteiger partial charge in [-0.1, -0.05) is 20.3 Å². The highest BCUT2D eigenvalue weighted by molar-refractivity contribution is 6.00. The largest absolute Gasteiger partial charge is 0.378 e. The van der Waals surface area contributed by atoms with Crippen molar-refractivity contribution in [1.29, 1.82) is 0 Å². The number of nitrogens with one attached hydrogen (secondary N) is 1. The van der Waals surface area contributed by atoms with Crippen LogP contribution in [0.15, 0.2) is 18.3 Å². The summed E-state index contributed by atoms with van der Waals surface area (Å²) in [5.74, 6) is 0.305. The highest BCUT2D eigenvalue weighted by Crippen LogP contribution is 2.25. The monoisotopic (exact) mass is 393 g/mol. The van der Waals surface area contributed by atoms with Crippen molar-refractivity contribution >= 4 is 11.6 Å². The molecule has 2 heterocycles. The average molecular weight is 393 g/mol. The first kappa shape index (κ1) is 20.7. The standard InChI is InChI=1S/C21H29F2N3O2/c1-4-13(2)12-28-16-7-5-15(6-8-16)25-21(27)17-9-10-26-18(19(22)23)11-14(3)24-20(17)26/h9-11,13,15-16,19H,4-8,12H2,1-3H3,(H,25,27). The number of nitrogens with zero attached hydrogens (tertiary/aromatic N) is 2. The summed E-state index contributed by atoms with van der Waals surface area (Å²) >= 11 is 0. The molecule has 1 aliphatic rings. The number of halogens is 2. The van der Waals surface area contributed by atoms with Gasteiger partial charge in [-0.3, -0.25) is 9.20 Å². The summed E-state index contributed by atoms with van der Waals surface area (Å²) in [6.07, 6.45) is 3.79. The zero-order chi connectivity index (χ0) is 20.3. The Morgan fingerprint density at radius 1 is 1.36 bits per heavy atom. The predicted octanol–water partition coefficient (Wildman–Crippen LogP) is 4.68. The van der Waals surface area contributed by atoms with Crippen LogP contribution in [0.4, 0.5) is 8.78 Å². The molecule has 28 heavy (non-hydrogen) atoms. The first-order valence-corrected chi connectivity index (χ1v) is 10.1. The molecule has 0 radical (unpaired) electrons. The highest BCUT2D eigenvalue weighted by atomic mass is 19.3. The van der Waals surface area contributed by atoms with E-state index in [1.807, 2.05) is 0 Å². The molecule has 2 aromatic rings. The van der Waals surface area contributed by atoms with Gasteiger partial charge in [-0.2, -0.15) is 0 Å². The molecule has 7 heteroatoms. The lowest BCUT2D eigenvalue weighted by atomic mass is 9.92. The van der Waals surface area contributed by atoms with E-state index in [0.29, 0.717) is 17.2 Å². The molecule has 1 N–H and O–H groups in total. The van der Waals surface area contributed by atoms with Gasteiger partial charge in [-0.25, -0.2) is 13.8 Å². The van der Waals surface area contributed by atoms with E-state index in [4.69, 9.17) is 4.74 Å². The van der Waals surface area contributed by atoms with E-state index < -0.39 is 6.43 Å². The maximum Gasteiger partial charge on any atom is 0.278 e. The number of ether oxygens (including phenoxy) is 1. The Balaban J connectivity index is 1.62. The number of hydrogen-bond acceptors (Lipinski definition) is 3. The van der Waals surface area contributed by atoms with Crippen molar-refractivity contribution in [2.75, 3.05) is 6.61 Å². The van der Waals surface area contributed by atoms with Gasteiger partial charge in [0.15, 0.2) is 0 Å². The second-order valence-electron chi connectivity index (χ2n) is 7.84. The van der Waals surface area contributed by atoms with Crippen LogP contribution in [0, 0.1) is 12.8 Å². The molecule has 0 saturated heterocycles. The second kappa shape index (κ2) is 8.99. The maximum absolute atomic E-state index is 13.3. The topological polar surface area (TPSA) is 55.6 Å². The number of amides is 1. The van der Waals surface area contributed by atoms with Crippen LogP contribution >= 0.6 is 0 Å². The summed E-state index contributed by atoms with van der Waals surface area (Å²) in [4.78, 5) is 17.0. The van der Waals surface area contributed by atoms with E-state index in [9.17, 15) is 13.6 Å². The highest BCUT2D eigenvalue weighted by Gasteiger charge is 2.25. The van der Waals surface area contributed by atoms with Crippen molar-refractivity contribution in [3.8, 4) is 0 Å². The molecule has 0 aromatic carbocycles. The van der Waals surface area contributed by atoms with Crippen LogP contribution < -0.4 is 5.32 Å². The van der Waals surface area contributed by atoms with Gasteiger partial charge in [0.2, 0.25) is 0 Å². The molecule has 0 spiro atoms. The van der Waals surface area contributed by atoms with Crippen LogP contribution in [-0.2, 0) is 4.74 Å². The van der Waals surface area contributed by atoms with Crippen LogP contribution in [0.1, 0.15) is 74.1 Å². The molecule has 2 aromatic heterocycles. The van der Waals surface area contributed by atoms with Crippen molar-refractivity contribution < 1.29 is 18.3 Å². The van der Waals surface area contributed by atoms with Crippen molar-refractivity contribution in [2.45, 2.75) is 71.4 Å². The minimum absolute atomic E-state index is 0.0743. The quantitative estimate of drug-likeness (QED) is 0.743. The summed E-state index contributed by atoms with van der Waals surface area (Å²) in [6, 6.07) is 2.98. The number of aryl methyl sites for hydroxylation is 1. The van der Waals surface area contributed by atoms with Gasteiger partial charge in [0.1, 0.15) is 5.65 Å². The van der Waals surface area contributed by atoms with E-state index in [1.165, 1.54) is 16.7 Å². The fourth-order valence-corrected chi connectivity index (χ4v) is 3.63. The first-order chi connectivity index (χ1) is 13.4. The molecule has 154 valence electrons. The number of aromatic nitrogens is 2. The number of alkyl halides is 2. The van der Waals surface area contributed by atoms with Gasteiger partial charge in [0.25, 0.3) is 12.3 Å². The molecular formula is C21H29F2N3O2. The molecule has 0 bridgehead atoms. The van der Waals surface area contributed by atoms with E-state index in [0.717, 1.165) is 38.7 Å². The van der Waals surface area contributed by atoms with Crippen molar-refractivity contribution in [2.24, 2.45) is 5.92 Å². The van der Waals surface area contributed by atoms with Crippen molar-refractivity contribution in [3.63, 3.8) is 0 Å². The zero-order valence-corrected chi connectivity index (χ0v) is 16.8. The molecule has 5 nitrogen and oxygen atoms in total. The zero-order valence-electron chi connectivity index (χ0n) is 16.8. The van der Waals surface area contributed by atoms with Gasteiger partial charge in [0.05, 0.1) is 17.4 Å². The van der Waals surface area contributed by atoms with Gasteiger partial charge < -0.3 is 10.1 Å². The molecule has 1 aliphatic carbocycles. The minimum Gasteiger partial charge on any atom is -0.378 e. The van der Waals surface area contributed by atoms with E-state index in [-0.39, 0.29) is 29.4 Å². The summed E-state index contributed by atoms with van der Waals surface area (Å²) in [5, 5.41) is 3.04. The lowest BCUT2D eigenvalue weighted by Gasteiger charge is -2.29. The molecule has 3 rings (SSSR count). The fourth-order valence-electron chi connectivity index (χ4n) is 3.63. The lowest BCUT2D eigenvalue weighted by molar-refractivity contribution is 0.00537. The number of hydrogen-bond donors (Lipinski definition) is 1. The first-order valence-electron chi connectivity index (χ1n) is 10.1. The predicted molar refractivity (Wildman–Crippen MR) is 104 cm³/mol. The molecule has 1 fully saturated rings. The van der Waals surface area contributed by atoms with Crippen LogP contribution in [0.5, 0.6) is 0 Å². The Morgan fingerprint density at radius 2 is 2.07 bits per heavy atom. The summed E-state index contributed by atoms with van der Waals surface area (Å²) in [6.45, 7) is 6.78. The molecule has 1 saturated carbocycles. The van der Waals surface area contributed by atoms with Gasteiger partial charge in [0, 0.05) is 24.5 Å². The normalized spacial score (nSPS) is 21.2. The van der Waals surface area contributed by atoms with E-state index >= 15 is 0 Å². The van der Waals surface area contributed by atoms with Gasteiger partial charge in [-0.15, -0.1) is 0 Å². The van der Waals surface area contributed by atoms with Crippen LogP contribution in [0.3, 0.4) is 0 Å². The molecular weight excluding hydrogens is 364 g/mol. The second-order valence-corrected chi connectivity index (χ2v) is 7.84. The third-order valence-corrected chi connectivity index (χ3v) is 5.57. The Labute approximate surface area is 164 Å². The van der Waals surface area contributed by atoms with Crippen LogP contribution in [-0.4, -0.2) is 34.0 Å². The maximum atomic E-state index is 13.3. The SMILES string of the molecule is CCC(C)COC1CCC(NC(=O)c2ccn3c(C(F)F)cc(C)nc23)CC1. The molecule has 1 amide bonds. The third-order valence-electron chi connectivity index (χ3n) is 5.57. The van der Waals surface area contributed by atoms with Crippen molar-refractivity contribution in [1.82, 2.24) is 14.7 Å². The van der Waals surface area contributed by atoms with E-state index in [2.05, 4.69) is 24.1 Å². The third kappa shape index (κ3) is 4.69. The van der Waals surface area contributed by atoms with Gasteiger partial charge in [-0.05, 0) is 50.7 Å². The van der Waals surface area contributed by atoms with Crippen LogP contribution in [0.25, 0.3) is 5.65 Å². The Hall–Kier alpha value is -2.02. The minimum atomic E-state index is -2.63. The lowest BCUT2D eigenvalue weighted by Crippen LogP contribution is -2.39. The number of carbonyl (C=O) groups is 1. The smallest absolute Gasteiger partial charge is 0.278 e. The number of fused-ring (bicyclic) bond motifs is 1. The Morgan fingerprint density at radius 3 is 2.71 bits per heavy atom. The molecule has 1 atom stereocenters.